The molecular weight excluding hydrogens is 352 g/mol. The van der Waals surface area contributed by atoms with Crippen LogP contribution < -0.4 is 10.6 Å². The normalized spacial score (nSPS) is 23.4. The first kappa shape index (κ1) is 17.0. The van der Waals surface area contributed by atoms with Crippen molar-refractivity contribution >= 4 is 39.3 Å². The van der Waals surface area contributed by atoms with Crippen molar-refractivity contribution in [3.8, 4) is 0 Å². The summed E-state index contributed by atoms with van der Waals surface area (Å²) in [6, 6.07) is 5.31. The Bertz CT molecular complexity index is 880. The maximum absolute atomic E-state index is 12.7. The highest BCUT2D eigenvalue weighted by atomic mass is 32.1. The van der Waals surface area contributed by atoms with Gasteiger partial charge in [0.1, 0.15) is 0 Å². The molecule has 0 aliphatic carbocycles. The lowest BCUT2D eigenvalue weighted by Crippen LogP contribution is -2.53. The number of nitrogens with zero attached hydrogens (tertiary/aromatic N) is 2. The molecule has 7 nitrogen and oxygen atoms in total. The zero-order chi connectivity index (χ0) is 18.3. The van der Waals surface area contributed by atoms with Crippen LogP contribution in [0.25, 0.3) is 10.2 Å². The van der Waals surface area contributed by atoms with Crippen LogP contribution >= 0.6 is 11.3 Å². The van der Waals surface area contributed by atoms with Gasteiger partial charge in [-0.25, -0.2) is 4.98 Å². The van der Waals surface area contributed by atoms with Gasteiger partial charge in [-0.1, -0.05) is 6.07 Å². The number of piperidine rings is 1. The molecule has 4 rings (SSSR count). The molecule has 136 valence electrons. The number of thiazole rings is 1. The third-order valence-electron chi connectivity index (χ3n) is 5.26. The second-order valence-corrected chi connectivity index (χ2v) is 7.72. The number of rotatable bonds is 2. The fourth-order valence-electron chi connectivity index (χ4n) is 3.82. The van der Waals surface area contributed by atoms with E-state index in [0.717, 1.165) is 28.6 Å². The third kappa shape index (κ3) is 2.94. The lowest BCUT2D eigenvalue weighted by molar-refractivity contribution is -0.149. The monoisotopic (exact) mass is 372 g/mol. The molecule has 1 aromatic heterocycles. The van der Waals surface area contributed by atoms with Gasteiger partial charge in [-0.2, -0.15) is 0 Å². The van der Waals surface area contributed by atoms with E-state index in [1.54, 1.807) is 10.4 Å². The molecule has 2 saturated heterocycles. The van der Waals surface area contributed by atoms with Crippen LogP contribution in [0.15, 0.2) is 23.7 Å². The zero-order valence-corrected chi connectivity index (χ0v) is 15.2. The summed E-state index contributed by atoms with van der Waals surface area (Å²) in [6.45, 7) is 2.80. The minimum atomic E-state index is -0.623. The Hall–Kier alpha value is -2.48. The van der Waals surface area contributed by atoms with Gasteiger partial charge < -0.3 is 15.5 Å². The van der Waals surface area contributed by atoms with Gasteiger partial charge in [-0.3, -0.25) is 14.4 Å². The number of aromatic nitrogens is 1. The average molecular weight is 372 g/mol. The van der Waals surface area contributed by atoms with Gasteiger partial charge in [0.2, 0.25) is 5.91 Å². The third-order valence-corrected chi connectivity index (χ3v) is 6.05. The summed E-state index contributed by atoms with van der Waals surface area (Å²) < 4.78 is 1.05. The highest BCUT2D eigenvalue weighted by Gasteiger charge is 2.44. The molecule has 0 spiro atoms. The van der Waals surface area contributed by atoms with Crippen molar-refractivity contribution in [3.63, 3.8) is 0 Å². The molecule has 0 saturated carbocycles. The largest absolute Gasteiger partial charge is 0.354 e. The van der Waals surface area contributed by atoms with Crippen molar-refractivity contribution in [2.75, 3.05) is 13.1 Å². The molecule has 2 N–H and O–H groups in total. The highest BCUT2D eigenvalue weighted by Crippen LogP contribution is 2.28. The van der Waals surface area contributed by atoms with Crippen LogP contribution in [0.3, 0.4) is 0 Å². The number of carbonyl (C=O) groups is 3. The molecule has 3 heterocycles. The van der Waals surface area contributed by atoms with E-state index in [4.69, 9.17) is 0 Å². The maximum atomic E-state index is 12.7. The molecule has 8 heteroatoms. The summed E-state index contributed by atoms with van der Waals surface area (Å²) in [4.78, 5) is 42.8. The lowest BCUT2D eigenvalue weighted by atomic mass is 9.91. The Morgan fingerprint density at radius 3 is 3.12 bits per heavy atom. The summed E-state index contributed by atoms with van der Waals surface area (Å²) in [5.74, 6) is -1.38. The second-order valence-electron chi connectivity index (χ2n) is 6.83. The van der Waals surface area contributed by atoms with Crippen LogP contribution in [0.1, 0.15) is 31.4 Å². The van der Waals surface area contributed by atoms with Crippen LogP contribution in [-0.4, -0.2) is 46.7 Å². The number of benzene rings is 1. The first-order valence-electron chi connectivity index (χ1n) is 8.77. The summed E-state index contributed by atoms with van der Waals surface area (Å²) in [5.41, 5.74) is 3.63. The summed E-state index contributed by atoms with van der Waals surface area (Å²) in [6.07, 6.45) is 1.51. The minimum Gasteiger partial charge on any atom is -0.354 e. The van der Waals surface area contributed by atoms with Crippen molar-refractivity contribution in [3.05, 3.63) is 29.3 Å². The molecule has 2 aliphatic rings. The van der Waals surface area contributed by atoms with E-state index in [1.165, 1.54) is 11.3 Å². The fourth-order valence-corrected chi connectivity index (χ4v) is 4.54. The van der Waals surface area contributed by atoms with Crippen LogP contribution in [0.4, 0.5) is 0 Å². The molecule has 2 aliphatic heterocycles. The summed E-state index contributed by atoms with van der Waals surface area (Å²) >= 11 is 1.54. The van der Waals surface area contributed by atoms with Gasteiger partial charge in [0.05, 0.1) is 33.7 Å². The predicted molar refractivity (Wildman–Crippen MR) is 97.4 cm³/mol. The van der Waals surface area contributed by atoms with E-state index >= 15 is 0 Å². The number of hydrogen-bond acceptors (Lipinski definition) is 5. The first-order chi connectivity index (χ1) is 12.5. The van der Waals surface area contributed by atoms with Gasteiger partial charge in [-0.15, -0.1) is 11.3 Å². The number of likely N-dealkylation sites (tertiary alicyclic amines) is 1. The standard InChI is InChI=1S/C18H20N4O3S/c1-10(11-4-5-13-15(7-11)26-9-20-13)21-17(24)18(25)22-6-2-3-12-14(22)8-19-16(12)23/h4-5,7,9-10,12,14H,2-3,6,8H2,1H3,(H,19,23)(H,21,24)/t10?,12-,14-/m1/s1. The van der Waals surface area contributed by atoms with Crippen molar-refractivity contribution in [2.45, 2.75) is 31.8 Å². The maximum Gasteiger partial charge on any atom is 0.312 e. The van der Waals surface area contributed by atoms with E-state index < -0.39 is 11.8 Å². The van der Waals surface area contributed by atoms with Crippen LogP contribution in [-0.2, 0) is 14.4 Å². The second kappa shape index (κ2) is 6.68. The molecule has 26 heavy (non-hydrogen) atoms. The van der Waals surface area contributed by atoms with Crippen LogP contribution in [0.5, 0.6) is 0 Å². The van der Waals surface area contributed by atoms with Gasteiger partial charge in [-0.05, 0) is 37.5 Å². The first-order valence-corrected chi connectivity index (χ1v) is 9.65. The summed E-state index contributed by atoms with van der Waals surface area (Å²) in [7, 11) is 0. The topological polar surface area (TPSA) is 91.4 Å². The molecule has 0 radical (unpaired) electrons. The van der Waals surface area contributed by atoms with Crippen molar-refractivity contribution in [2.24, 2.45) is 5.92 Å². The Morgan fingerprint density at radius 2 is 2.27 bits per heavy atom. The van der Waals surface area contributed by atoms with Crippen molar-refractivity contribution < 1.29 is 14.4 Å². The Kier molecular flexibility index (Phi) is 4.36. The lowest BCUT2D eigenvalue weighted by Gasteiger charge is -2.35. The molecule has 3 amide bonds. The molecular formula is C18H20N4O3S. The smallest absolute Gasteiger partial charge is 0.312 e. The number of fused-ring (bicyclic) bond motifs is 2. The molecule has 0 bridgehead atoms. The van der Waals surface area contributed by atoms with E-state index in [2.05, 4.69) is 15.6 Å². The molecule has 1 unspecified atom stereocenters. The van der Waals surface area contributed by atoms with Gasteiger partial charge in [0.25, 0.3) is 0 Å². The van der Waals surface area contributed by atoms with Crippen LogP contribution in [0.2, 0.25) is 0 Å². The highest BCUT2D eigenvalue weighted by molar-refractivity contribution is 7.16. The van der Waals surface area contributed by atoms with Gasteiger partial charge in [0.15, 0.2) is 0 Å². The van der Waals surface area contributed by atoms with Gasteiger partial charge >= 0.3 is 11.8 Å². The molecule has 3 atom stereocenters. The van der Waals surface area contributed by atoms with Gasteiger partial charge in [0, 0.05) is 13.1 Å². The van der Waals surface area contributed by atoms with E-state index in [-0.39, 0.29) is 23.9 Å². The zero-order valence-electron chi connectivity index (χ0n) is 14.4. The number of carbonyl (C=O) groups excluding carboxylic acids is 3. The fraction of sp³-hybridized carbons (Fsp3) is 0.444. The summed E-state index contributed by atoms with van der Waals surface area (Å²) in [5, 5.41) is 5.59. The number of amides is 3. The quantitative estimate of drug-likeness (QED) is 0.775. The molecule has 2 aromatic rings. The molecule has 1 aromatic carbocycles. The molecule has 2 fully saturated rings. The SMILES string of the molecule is CC(NC(=O)C(=O)N1CCC[C@H]2C(=O)NC[C@H]21)c1ccc2ncsc2c1. The number of hydrogen-bond donors (Lipinski definition) is 2. The van der Waals surface area contributed by atoms with E-state index in [9.17, 15) is 14.4 Å². The predicted octanol–water partition coefficient (Wildman–Crippen LogP) is 1.21. The van der Waals surface area contributed by atoms with Crippen LogP contribution in [0, 0.1) is 5.92 Å². The Morgan fingerprint density at radius 1 is 1.42 bits per heavy atom. The van der Waals surface area contributed by atoms with E-state index in [1.807, 2.05) is 25.1 Å². The van der Waals surface area contributed by atoms with E-state index in [0.29, 0.717) is 13.1 Å². The Labute approximate surface area is 154 Å². The van der Waals surface area contributed by atoms with Crippen molar-refractivity contribution in [1.82, 2.24) is 20.5 Å². The number of nitrogens with one attached hydrogen (secondary N) is 2. The average Bonchev–Trinajstić information content (AvgIpc) is 3.27. The minimum absolute atomic E-state index is 0.0147. The Balaban J connectivity index is 1.45. The van der Waals surface area contributed by atoms with Crippen molar-refractivity contribution in [1.29, 1.82) is 0 Å².